The number of aliphatic hydroxyl groups excluding tert-OH is 1. The number of aliphatic carboxylic acids is 1. The Kier molecular flexibility index (Phi) is 4.06. The minimum absolute atomic E-state index is 0.0192. The van der Waals surface area contributed by atoms with Crippen LogP contribution in [0.4, 0.5) is 4.79 Å². The summed E-state index contributed by atoms with van der Waals surface area (Å²) >= 11 is 0. The number of likely N-dealkylation sites (tertiary alicyclic amines) is 1. The fraction of sp³-hybridized carbons (Fsp3) is 0.833. The zero-order valence-corrected chi connectivity index (χ0v) is 10.4. The molecule has 2 fully saturated rings. The Hall–Kier alpha value is -1.30. The molecule has 1 aliphatic carbocycles. The number of carbonyl (C=O) groups excluding carboxylic acids is 1. The SMILES string of the molecule is O=C(O)CC1CCN(C(=O)N(CCO)C2CC2)C1. The van der Waals surface area contributed by atoms with Gasteiger partial charge in [-0.2, -0.15) is 0 Å². The molecule has 0 bridgehead atoms. The summed E-state index contributed by atoms with van der Waals surface area (Å²) in [6.07, 6.45) is 2.92. The second-order valence-corrected chi connectivity index (χ2v) is 5.13. The average molecular weight is 256 g/mol. The molecule has 2 N–H and O–H groups in total. The zero-order chi connectivity index (χ0) is 13.1. The largest absolute Gasteiger partial charge is 0.481 e. The molecular formula is C12H20N2O4. The Bertz CT molecular complexity index is 330. The summed E-state index contributed by atoms with van der Waals surface area (Å²) in [7, 11) is 0. The van der Waals surface area contributed by atoms with E-state index in [1.807, 2.05) is 0 Å². The van der Waals surface area contributed by atoms with Crippen LogP contribution in [0.25, 0.3) is 0 Å². The Labute approximate surface area is 106 Å². The van der Waals surface area contributed by atoms with Gasteiger partial charge in [0.25, 0.3) is 0 Å². The van der Waals surface area contributed by atoms with Crippen molar-refractivity contribution in [1.82, 2.24) is 9.80 Å². The highest BCUT2D eigenvalue weighted by Gasteiger charge is 2.37. The fourth-order valence-corrected chi connectivity index (χ4v) is 2.53. The van der Waals surface area contributed by atoms with Gasteiger partial charge in [0.1, 0.15) is 0 Å². The maximum absolute atomic E-state index is 12.2. The van der Waals surface area contributed by atoms with Crippen molar-refractivity contribution in [1.29, 1.82) is 0 Å². The van der Waals surface area contributed by atoms with Crippen molar-refractivity contribution in [2.75, 3.05) is 26.2 Å². The molecule has 102 valence electrons. The van der Waals surface area contributed by atoms with Crippen molar-refractivity contribution in [3.8, 4) is 0 Å². The van der Waals surface area contributed by atoms with E-state index in [1.165, 1.54) is 0 Å². The molecule has 1 saturated carbocycles. The quantitative estimate of drug-likeness (QED) is 0.744. The molecule has 1 aliphatic heterocycles. The number of nitrogens with zero attached hydrogens (tertiary/aromatic N) is 2. The number of hydrogen-bond acceptors (Lipinski definition) is 3. The van der Waals surface area contributed by atoms with Gasteiger partial charge in [-0.25, -0.2) is 4.79 Å². The van der Waals surface area contributed by atoms with Crippen LogP contribution in [-0.4, -0.2) is 64.3 Å². The number of carbonyl (C=O) groups is 2. The maximum atomic E-state index is 12.2. The van der Waals surface area contributed by atoms with Crippen molar-refractivity contribution in [3.05, 3.63) is 0 Å². The molecule has 1 saturated heterocycles. The van der Waals surface area contributed by atoms with E-state index < -0.39 is 5.97 Å². The van der Waals surface area contributed by atoms with Gasteiger partial charge in [-0.3, -0.25) is 4.79 Å². The van der Waals surface area contributed by atoms with Gasteiger partial charge in [0, 0.05) is 32.1 Å². The van der Waals surface area contributed by atoms with Gasteiger partial charge in [-0.15, -0.1) is 0 Å². The first-order chi connectivity index (χ1) is 8.61. The van der Waals surface area contributed by atoms with Crippen molar-refractivity contribution in [2.24, 2.45) is 5.92 Å². The Morgan fingerprint density at radius 1 is 1.28 bits per heavy atom. The van der Waals surface area contributed by atoms with E-state index in [4.69, 9.17) is 10.2 Å². The molecule has 0 radical (unpaired) electrons. The van der Waals surface area contributed by atoms with Crippen LogP contribution in [0.2, 0.25) is 0 Å². The topological polar surface area (TPSA) is 81.1 Å². The van der Waals surface area contributed by atoms with Crippen LogP contribution < -0.4 is 0 Å². The van der Waals surface area contributed by atoms with Crippen LogP contribution in [0.3, 0.4) is 0 Å². The Balaban J connectivity index is 1.87. The summed E-state index contributed by atoms with van der Waals surface area (Å²) in [5.74, 6) is -0.731. The summed E-state index contributed by atoms with van der Waals surface area (Å²) in [5, 5.41) is 17.7. The Morgan fingerprint density at radius 3 is 2.56 bits per heavy atom. The van der Waals surface area contributed by atoms with Crippen molar-refractivity contribution in [2.45, 2.75) is 31.7 Å². The molecule has 0 spiro atoms. The van der Waals surface area contributed by atoms with Crippen LogP contribution in [0.1, 0.15) is 25.7 Å². The highest BCUT2D eigenvalue weighted by molar-refractivity contribution is 5.75. The van der Waals surface area contributed by atoms with Crippen LogP contribution in [0, 0.1) is 5.92 Å². The predicted octanol–water partition coefficient (Wildman–Crippen LogP) is 0.360. The maximum Gasteiger partial charge on any atom is 0.320 e. The molecule has 0 aromatic carbocycles. The molecule has 6 heteroatoms. The van der Waals surface area contributed by atoms with Crippen LogP contribution in [0.5, 0.6) is 0 Å². The molecule has 6 nitrogen and oxygen atoms in total. The fourth-order valence-electron chi connectivity index (χ4n) is 2.53. The lowest BCUT2D eigenvalue weighted by molar-refractivity contribution is -0.138. The summed E-state index contributed by atoms with van der Waals surface area (Å²) in [6.45, 7) is 1.52. The van der Waals surface area contributed by atoms with Crippen molar-refractivity contribution >= 4 is 12.0 Å². The van der Waals surface area contributed by atoms with E-state index in [0.717, 1.165) is 19.3 Å². The van der Waals surface area contributed by atoms with Gasteiger partial charge in [0.05, 0.1) is 6.61 Å². The van der Waals surface area contributed by atoms with E-state index in [2.05, 4.69) is 0 Å². The molecule has 2 amide bonds. The van der Waals surface area contributed by atoms with Crippen LogP contribution in [0.15, 0.2) is 0 Å². The van der Waals surface area contributed by atoms with Gasteiger partial charge in [0.15, 0.2) is 0 Å². The molecule has 0 aromatic rings. The first-order valence-electron chi connectivity index (χ1n) is 6.50. The van der Waals surface area contributed by atoms with Gasteiger partial charge in [-0.1, -0.05) is 0 Å². The summed E-state index contributed by atoms with van der Waals surface area (Å²) in [4.78, 5) is 26.3. The molecule has 2 rings (SSSR count). The van der Waals surface area contributed by atoms with Crippen molar-refractivity contribution in [3.63, 3.8) is 0 Å². The van der Waals surface area contributed by atoms with Gasteiger partial charge < -0.3 is 20.0 Å². The minimum Gasteiger partial charge on any atom is -0.481 e. The molecule has 1 heterocycles. The third-order valence-corrected chi connectivity index (χ3v) is 3.59. The number of urea groups is 1. The lowest BCUT2D eigenvalue weighted by Gasteiger charge is -2.27. The third kappa shape index (κ3) is 3.13. The number of hydrogen-bond donors (Lipinski definition) is 2. The highest BCUT2D eigenvalue weighted by Crippen LogP contribution is 2.29. The minimum atomic E-state index is -0.802. The second-order valence-electron chi connectivity index (χ2n) is 5.13. The summed E-state index contributed by atoms with van der Waals surface area (Å²) < 4.78 is 0. The number of rotatable bonds is 5. The van der Waals surface area contributed by atoms with E-state index >= 15 is 0 Å². The molecule has 1 atom stereocenters. The molecule has 2 aliphatic rings. The van der Waals surface area contributed by atoms with Gasteiger partial charge in [0.2, 0.25) is 0 Å². The van der Waals surface area contributed by atoms with Crippen molar-refractivity contribution < 1.29 is 19.8 Å². The number of aliphatic hydroxyl groups is 1. The van der Waals surface area contributed by atoms with E-state index in [-0.39, 0.29) is 31.0 Å². The highest BCUT2D eigenvalue weighted by atomic mass is 16.4. The first-order valence-corrected chi connectivity index (χ1v) is 6.50. The normalized spacial score (nSPS) is 23.2. The number of carboxylic acid groups (broad SMARTS) is 1. The van der Waals surface area contributed by atoms with E-state index in [9.17, 15) is 9.59 Å². The van der Waals surface area contributed by atoms with Crippen LogP contribution >= 0.6 is 0 Å². The van der Waals surface area contributed by atoms with Gasteiger partial charge in [-0.05, 0) is 25.2 Å². The second kappa shape index (κ2) is 5.56. The lowest BCUT2D eigenvalue weighted by atomic mass is 10.1. The first kappa shape index (κ1) is 13.1. The molecule has 1 unspecified atom stereocenters. The smallest absolute Gasteiger partial charge is 0.320 e. The third-order valence-electron chi connectivity index (χ3n) is 3.59. The molecule has 18 heavy (non-hydrogen) atoms. The van der Waals surface area contributed by atoms with E-state index in [0.29, 0.717) is 19.6 Å². The molecular weight excluding hydrogens is 236 g/mol. The monoisotopic (exact) mass is 256 g/mol. The summed E-state index contributed by atoms with van der Waals surface area (Å²) in [5.41, 5.74) is 0. The zero-order valence-electron chi connectivity index (χ0n) is 10.4. The standard InChI is InChI=1S/C12H20N2O4/c15-6-5-14(10-1-2-10)12(18)13-4-3-9(8-13)7-11(16)17/h9-10,15H,1-8H2,(H,16,17). The average Bonchev–Trinajstić information content (AvgIpc) is 3.05. The summed E-state index contributed by atoms with van der Waals surface area (Å²) in [6, 6.07) is 0.239. The van der Waals surface area contributed by atoms with Gasteiger partial charge >= 0.3 is 12.0 Å². The predicted molar refractivity (Wildman–Crippen MR) is 64.1 cm³/mol. The molecule has 0 aromatic heterocycles. The lowest BCUT2D eigenvalue weighted by Crippen LogP contribution is -2.44. The van der Waals surface area contributed by atoms with Crippen LogP contribution in [-0.2, 0) is 4.79 Å². The van der Waals surface area contributed by atoms with E-state index in [1.54, 1.807) is 9.80 Å². The number of amides is 2. The number of carboxylic acids is 1. The Morgan fingerprint density at radius 2 is 2.00 bits per heavy atom.